The number of aryl methyl sites for hydroxylation is 1. The van der Waals surface area contributed by atoms with Crippen molar-refractivity contribution < 1.29 is 4.79 Å². The average molecular weight is 283 g/mol. The van der Waals surface area contributed by atoms with E-state index in [1.807, 2.05) is 0 Å². The van der Waals surface area contributed by atoms with Crippen molar-refractivity contribution >= 4 is 33.9 Å². The van der Waals surface area contributed by atoms with Gasteiger partial charge in [0, 0.05) is 6.42 Å². The quantitative estimate of drug-likeness (QED) is 0.929. The Labute approximate surface area is 113 Å². The molecule has 2 rings (SSSR count). The second-order valence-electron chi connectivity index (χ2n) is 4.24. The van der Waals surface area contributed by atoms with E-state index in [1.165, 1.54) is 11.3 Å². The molecule has 2 aromatic rings. The van der Waals surface area contributed by atoms with Crippen molar-refractivity contribution in [2.75, 3.05) is 5.32 Å². The summed E-state index contributed by atoms with van der Waals surface area (Å²) in [4.78, 5) is 12.4. The molecule has 0 aliphatic heterocycles. The van der Waals surface area contributed by atoms with Crippen LogP contribution in [0.5, 0.6) is 0 Å². The molecule has 2 heterocycles. The monoisotopic (exact) mass is 283 g/mol. The van der Waals surface area contributed by atoms with Crippen molar-refractivity contribution in [3.8, 4) is 0 Å². The molecule has 0 saturated heterocycles. The highest BCUT2D eigenvalue weighted by atomic mass is 32.1. The number of amides is 1. The number of carbonyl (C=O) groups excluding carboxylic acids is 1. The van der Waals surface area contributed by atoms with E-state index < -0.39 is 0 Å². The summed E-state index contributed by atoms with van der Waals surface area (Å²) in [5.41, 5.74) is 0.629. The lowest BCUT2D eigenvalue weighted by Gasteiger charge is -1.98. The van der Waals surface area contributed by atoms with Gasteiger partial charge >= 0.3 is 0 Å². The fraction of sp³-hybridized carbons (Fsp3) is 0.500. The molecule has 0 atom stereocenters. The van der Waals surface area contributed by atoms with Crippen molar-refractivity contribution in [3.63, 3.8) is 0 Å². The molecule has 18 heavy (non-hydrogen) atoms. The van der Waals surface area contributed by atoms with Gasteiger partial charge in [-0.25, -0.2) is 0 Å². The molecular formula is C10H13N5OS2. The molecule has 0 aliphatic carbocycles. The van der Waals surface area contributed by atoms with Crippen LogP contribution < -0.4 is 5.32 Å². The van der Waals surface area contributed by atoms with Crippen LogP contribution in [0.3, 0.4) is 0 Å². The second-order valence-corrected chi connectivity index (χ2v) is 6.06. The third-order valence-corrected chi connectivity index (χ3v) is 3.82. The smallest absolute Gasteiger partial charge is 0.271 e. The fourth-order valence-electron chi connectivity index (χ4n) is 1.33. The molecule has 0 aliphatic rings. The second kappa shape index (κ2) is 5.49. The molecule has 96 valence electrons. The molecule has 6 nitrogen and oxygen atoms in total. The molecule has 1 N–H and O–H groups in total. The zero-order chi connectivity index (χ0) is 13.1. The molecule has 0 fully saturated rings. The van der Waals surface area contributed by atoms with Gasteiger partial charge in [-0.3, -0.25) is 10.1 Å². The number of anilines is 1. The summed E-state index contributed by atoms with van der Waals surface area (Å²) in [6.45, 7) is 5.99. The summed E-state index contributed by atoms with van der Waals surface area (Å²) in [5.74, 6) is 0.296. The molecule has 0 saturated carbocycles. The summed E-state index contributed by atoms with van der Waals surface area (Å²) in [5, 5.41) is 15.9. The first kappa shape index (κ1) is 13.0. The number of hydrogen-bond acceptors (Lipinski definition) is 7. The zero-order valence-corrected chi connectivity index (χ0v) is 11.9. The van der Waals surface area contributed by atoms with Crippen LogP contribution in [0.25, 0.3) is 0 Å². The van der Waals surface area contributed by atoms with E-state index in [4.69, 9.17) is 0 Å². The van der Waals surface area contributed by atoms with Gasteiger partial charge in [0.15, 0.2) is 0 Å². The van der Waals surface area contributed by atoms with Crippen LogP contribution in [0, 0.1) is 12.8 Å². The summed E-state index contributed by atoms with van der Waals surface area (Å²) in [6, 6.07) is 0. The van der Waals surface area contributed by atoms with E-state index in [1.54, 1.807) is 6.92 Å². The molecule has 0 aromatic carbocycles. The topological polar surface area (TPSA) is 80.7 Å². The molecule has 0 unspecified atom stereocenters. The van der Waals surface area contributed by atoms with Gasteiger partial charge in [-0.1, -0.05) is 29.7 Å². The lowest BCUT2D eigenvalue weighted by molar-refractivity contribution is 0.102. The summed E-state index contributed by atoms with van der Waals surface area (Å²) < 4.78 is 3.73. The predicted molar refractivity (Wildman–Crippen MR) is 71.1 cm³/mol. The Hall–Kier alpha value is -1.41. The van der Waals surface area contributed by atoms with Crippen molar-refractivity contribution in [1.82, 2.24) is 19.8 Å². The van der Waals surface area contributed by atoms with E-state index in [2.05, 4.69) is 38.9 Å². The van der Waals surface area contributed by atoms with Crippen LogP contribution in [0.4, 0.5) is 5.13 Å². The first-order valence-electron chi connectivity index (χ1n) is 5.49. The Morgan fingerprint density at radius 3 is 2.72 bits per heavy atom. The summed E-state index contributed by atoms with van der Waals surface area (Å²) in [7, 11) is 0. The Kier molecular flexibility index (Phi) is 3.97. The van der Waals surface area contributed by atoms with Gasteiger partial charge < -0.3 is 0 Å². The molecule has 1 amide bonds. The lowest BCUT2D eigenvalue weighted by atomic mass is 10.1. The number of nitrogens with zero attached hydrogens (tertiary/aromatic N) is 4. The predicted octanol–water partition coefficient (Wildman–Crippen LogP) is 2.15. The van der Waals surface area contributed by atoms with Gasteiger partial charge in [0.05, 0.1) is 5.69 Å². The number of hydrogen-bond donors (Lipinski definition) is 1. The highest BCUT2D eigenvalue weighted by molar-refractivity contribution is 7.15. The lowest BCUT2D eigenvalue weighted by Crippen LogP contribution is -2.11. The van der Waals surface area contributed by atoms with E-state index in [9.17, 15) is 4.79 Å². The van der Waals surface area contributed by atoms with Crippen molar-refractivity contribution in [1.29, 1.82) is 0 Å². The molecule has 2 aromatic heterocycles. The van der Waals surface area contributed by atoms with E-state index in [-0.39, 0.29) is 5.91 Å². The largest absolute Gasteiger partial charge is 0.296 e. The van der Waals surface area contributed by atoms with E-state index in [0.29, 0.717) is 21.6 Å². The molecular weight excluding hydrogens is 270 g/mol. The van der Waals surface area contributed by atoms with E-state index in [0.717, 1.165) is 23.0 Å². The Bertz CT molecular complexity index is 548. The maximum Gasteiger partial charge on any atom is 0.271 e. The average Bonchev–Trinajstić information content (AvgIpc) is 2.87. The maximum atomic E-state index is 11.9. The summed E-state index contributed by atoms with van der Waals surface area (Å²) >= 11 is 2.48. The Morgan fingerprint density at radius 1 is 1.33 bits per heavy atom. The molecule has 0 bridgehead atoms. The third-order valence-electron chi connectivity index (χ3n) is 2.13. The minimum Gasteiger partial charge on any atom is -0.296 e. The molecule has 0 radical (unpaired) electrons. The van der Waals surface area contributed by atoms with Gasteiger partial charge in [-0.05, 0) is 24.4 Å². The van der Waals surface area contributed by atoms with Crippen molar-refractivity contribution in [3.05, 3.63) is 15.6 Å². The number of carbonyl (C=O) groups is 1. The highest BCUT2D eigenvalue weighted by Gasteiger charge is 2.15. The minimum absolute atomic E-state index is 0.227. The fourth-order valence-corrected chi connectivity index (χ4v) is 2.83. The van der Waals surface area contributed by atoms with Crippen LogP contribution in [0.2, 0.25) is 0 Å². The van der Waals surface area contributed by atoms with Gasteiger partial charge in [-0.15, -0.1) is 15.3 Å². The van der Waals surface area contributed by atoms with Crippen molar-refractivity contribution in [2.45, 2.75) is 27.2 Å². The minimum atomic E-state index is -0.227. The third kappa shape index (κ3) is 3.08. The zero-order valence-electron chi connectivity index (χ0n) is 10.3. The standard InChI is InChI=1S/C10H13N5OS2/c1-5(2)4-7-13-14-10(17-7)11-9(16)8-6(3)12-15-18-8/h5H,4H2,1-3H3,(H,11,14,16). The van der Waals surface area contributed by atoms with Crippen LogP contribution >= 0.6 is 22.9 Å². The molecule has 8 heteroatoms. The summed E-state index contributed by atoms with van der Waals surface area (Å²) in [6.07, 6.45) is 0.870. The number of aromatic nitrogens is 4. The van der Waals surface area contributed by atoms with Crippen LogP contribution in [-0.2, 0) is 6.42 Å². The number of nitrogens with one attached hydrogen (secondary N) is 1. The highest BCUT2D eigenvalue weighted by Crippen LogP contribution is 2.20. The van der Waals surface area contributed by atoms with Gasteiger partial charge in [0.25, 0.3) is 5.91 Å². The Morgan fingerprint density at radius 2 is 2.11 bits per heavy atom. The van der Waals surface area contributed by atoms with Gasteiger partial charge in [-0.2, -0.15) is 0 Å². The number of rotatable bonds is 4. The van der Waals surface area contributed by atoms with Crippen molar-refractivity contribution in [2.24, 2.45) is 5.92 Å². The first-order chi connectivity index (χ1) is 8.56. The normalized spacial score (nSPS) is 10.9. The van der Waals surface area contributed by atoms with E-state index >= 15 is 0 Å². The maximum absolute atomic E-state index is 11.9. The molecule has 0 spiro atoms. The van der Waals surface area contributed by atoms with Crippen LogP contribution in [0.15, 0.2) is 0 Å². The van der Waals surface area contributed by atoms with Crippen LogP contribution in [0.1, 0.15) is 34.2 Å². The SMILES string of the molecule is Cc1nnsc1C(=O)Nc1nnc(CC(C)C)s1. The first-order valence-corrected chi connectivity index (χ1v) is 7.08. The van der Waals surface area contributed by atoms with Gasteiger partial charge in [0.2, 0.25) is 5.13 Å². The van der Waals surface area contributed by atoms with Crippen LogP contribution in [-0.4, -0.2) is 25.7 Å². The Balaban J connectivity index is 2.04. The van der Waals surface area contributed by atoms with Gasteiger partial charge in [0.1, 0.15) is 9.88 Å².